The average molecular weight is 436 g/mol. The molecule has 1 aromatic carbocycles. The number of alkyl halides is 6. The zero-order chi connectivity index (χ0) is 19.1. The van der Waals surface area contributed by atoms with Crippen LogP contribution in [0.4, 0.5) is 26.3 Å². The van der Waals surface area contributed by atoms with Gasteiger partial charge in [-0.3, -0.25) is 4.57 Å². The molecule has 0 N–H and O–H groups in total. The average Bonchev–Trinajstić information content (AvgIpc) is 3.00. The Morgan fingerprint density at radius 3 is 2.15 bits per heavy atom. The van der Waals surface area contributed by atoms with Crippen molar-refractivity contribution in [3.05, 3.63) is 64.5 Å². The highest BCUT2D eigenvalue weighted by Crippen LogP contribution is 2.39. The van der Waals surface area contributed by atoms with Crippen molar-refractivity contribution >= 4 is 15.9 Å². The van der Waals surface area contributed by atoms with E-state index in [1.165, 1.54) is 24.4 Å². The third-order valence-electron chi connectivity index (χ3n) is 3.43. The minimum Gasteiger partial charge on any atom is -0.283 e. The fraction of sp³-hybridized carbons (Fsp3) is 0.125. The van der Waals surface area contributed by atoms with Crippen molar-refractivity contribution in [3.8, 4) is 17.2 Å². The third kappa shape index (κ3) is 3.59. The van der Waals surface area contributed by atoms with Gasteiger partial charge in [0.1, 0.15) is 11.6 Å². The van der Waals surface area contributed by atoms with Crippen LogP contribution in [0, 0.1) is 0 Å². The molecule has 0 saturated carbocycles. The zero-order valence-electron chi connectivity index (χ0n) is 12.6. The molecule has 2 aromatic heterocycles. The highest BCUT2D eigenvalue weighted by atomic mass is 79.9. The predicted octanol–water partition coefficient (Wildman–Crippen LogP) is 5.73. The lowest BCUT2D eigenvalue weighted by Gasteiger charge is -2.13. The number of halogens is 7. The highest BCUT2D eigenvalue weighted by Gasteiger charge is 2.38. The van der Waals surface area contributed by atoms with E-state index in [-0.39, 0.29) is 5.82 Å². The van der Waals surface area contributed by atoms with Crippen LogP contribution in [0.2, 0.25) is 0 Å². The predicted molar refractivity (Wildman–Crippen MR) is 84.5 cm³/mol. The Labute approximate surface area is 151 Å². The molecule has 0 aliphatic rings. The van der Waals surface area contributed by atoms with Gasteiger partial charge in [-0.05, 0) is 34.1 Å². The quantitative estimate of drug-likeness (QED) is 0.481. The second-order valence-corrected chi connectivity index (χ2v) is 6.11. The van der Waals surface area contributed by atoms with E-state index in [0.29, 0.717) is 10.7 Å². The molecule has 0 aliphatic carbocycles. The lowest BCUT2D eigenvalue weighted by atomic mass is 10.1. The Morgan fingerprint density at radius 2 is 1.58 bits per heavy atom. The number of pyridine rings is 1. The lowest BCUT2D eigenvalue weighted by Crippen LogP contribution is -2.09. The van der Waals surface area contributed by atoms with Crippen LogP contribution in [0.15, 0.2) is 53.3 Å². The van der Waals surface area contributed by atoms with Crippen LogP contribution in [0.3, 0.4) is 0 Å². The van der Waals surface area contributed by atoms with Gasteiger partial charge in [0.25, 0.3) is 0 Å². The molecular weight excluding hydrogens is 428 g/mol. The summed E-state index contributed by atoms with van der Waals surface area (Å²) in [4.78, 5) is 7.36. The number of rotatable bonds is 2. The van der Waals surface area contributed by atoms with Crippen molar-refractivity contribution in [1.82, 2.24) is 14.5 Å². The first-order valence-corrected chi connectivity index (χ1v) is 7.82. The molecule has 0 unspecified atom stereocenters. The fourth-order valence-electron chi connectivity index (χ4n) is 2.32. The smallest absolute Gasteiger partial charge is 0.283 e. The molecule has 0 radical (unpaired) electrons. The Morgan fingerprint density at radius 1 is 0.885 bits per heavy atom. The van der Waals surface area contributed by atoms with Crippen LogP contribution in [-0.2, 0) is 12.4 Å². The van der Waals surface area contributed by atoms with Crippen molar-refractivity contribution in [3.63, 3.8) is 0 Å². The van der Waals surface area contributed by atoms with Gasteiger partial charge in [0, 0.05) is 22.4 Å². The summed E-state index contributed by atoms with van der Waals surface area (Å²) < 4.78 is 80.6. The topological polar surface area (TPSA) is 30.7 Å². The summed E-state index contributed by atoms with van der Waals surface area (Å²) in [6.45, 7) is 0. The van der Waals surface area contributed by atoms with Crippen LogP contribution in [0.25, 0.3) is 17.2 Å². The molecule has 10 heteroatoms. The van der Waals surface area contributed by atoms with Crippen LogP contribution in [0.5, 0.6) is 0 Å². The molecule has 0 spiro atoms. The molecule has 26 heavy (non-hydrogen) atoms. The van der Waals surface area contributed by atoms with Crippen molar-refractivity contribution in [2.75, 3.05) is 0 Å². The third-order valence-corrected chi connectivity index (χ3v) is 3.90. The van der Waals surface area contributed by atoms with Gasteiger partial charge in [-0.15, -0.1) is 0 Å². The minimum absolute atomic E-state index is 0.00294. The summed E-state index contributed by atoms with van der Waals surface area (Å²) in [5.74, 6) is -0.497. The van der Waals surface area contributed by atoms with E-state index in [9.17, 15) is 26.3 Å². The van der Waals surface area contributed by atoms with Crippen molar-refractivity contribution in [2.24, 2.45) is 0 Å². The van der Waals surface area contributed by atoms with Gasteiger partial charge >= 0.3 is 12.4 Å². The maximum Gasteiger partial charge on any atom is 0.434 e. The van der Waals surface area contributed by atoms with Crippen LogP contribution in [0.1, 0.15) is 11.3 Å². The number of nitrogens with zero attached hydrogens (tertiary/aromatic N) is 3. The molecule has 0 aliphatic heterocycles. The van der Waals surface area contributed by atoms with Gasteiger partial charge < -0.3 is 0 Å². The molecular formula is C16H8BrF6N3. The molecule has 0 saturated heterocycles. The van der Waals surface area contributed by atoms with E-state index in [4.69, 9.17) is 0 Å². The molecule has 3 aromatic rings. The Bertz CT molecular complexity index is 928. The van der Waals surface area contributed by atoms with Gasteiger partial charge in [0.2, 0.25) is 0 Å². The SMILES string of the molecule is FC(F)(F)c1cn(-c2ccc(Br)cn2)c(-c2ccccc2C(F)(F)F)n1. The van der Waals surface area contributed by atoms with Gasteiger partial charge in [0.05, 0.1) is 5.56 Å². The Balaban J connectivity index is 2.28. The van der Waals surface area contributed by atoms with Gasteiger partial charge in [-0.2, -0.15) is 26.3 Å². The number of hydrogen-bond acceptors (Lipinski definition) is 2. The summed E-state index contributed by atoms with van der Waals surface area (Å²) in [7, 11) is 0. The monoisotopic (exact) mass is 435 g/mol. The summed E-state index contributed by atoms with van der Waals surface area (Å²) in [6.07, 6.45) is -7.62. The first kappa shape index (κ1) is 18.4. The van der Waals surface area contributed by atoms with Crippen LogP contribution < -0.4 is 0 Å². The minimum atomic E-state index is -4.82. The van der Waals surface area contributed by atoms with E-state index in [1.54, 1.807) is 0 Å². The molecule has 2 heterocycles. The van der Waals surface area contributed by atoms with E-state index >= 15 is 0 Å². The first-order chi connectivity index (χ1) is 12.1. The molecule has 0 bridgehead atoms. The lowest BCUT2D eigenvalue weighted by molar-refractivity contribution is -0.140. The van der Waals surface area contributed by atoms with Gasteiger partial charge in [-0.25, -0.2) is 9.97 Å². The number of benzene rings is 1. The summed E-state index contributed by atoms with van der Waals surface area (Å²) in [6, 6.07) is 7.19. The zero-order valence-corrected chi connectivity index (χ0v) is 14.2. The molecule has 3 nitrogen and oxygen atoms in total. The number of aromatic nitrogens is 3. The number of imidazole rings is 1. The van der Waals surface area contributed by atoms with Gasteiger partial charge in [0.15, 0.2) is 5.69 Å². The van der Waals surface area contributed by atoms with E-state index < -0.39 is 35.0 Å². The molecule has 0 atom stereocenters. The highest BCUT2D eigenvalue weighted by molar-refractivity contribution is 9.10. The summed E-state index contributed by atoms with van der Waals surface area (Å²) in [5, 5.41) is 0. The molecule has 136 valence electrons. The van der Waals surface area contributed by atoms with Crippen LogP contribution >= 0.6 is 15.9 Å². The second-order valence-electron chi connectivity index (χ2n) is 5.20. The maximum absolute atomic E-state index is 13.3. The molecule has 3 rings (SSSR count). The first-order valence-electron chi connectivity index (χ1n) is 7.02. The summed E-state index contributed by atoms with van der Waals surface area (Å²) in [5.41, 5.74) is -2.87. The summed E-state index contributed by atoms with van der Waals surface area (Å²) >= 11 is 3.14. The Hall–Kier alpha value is -2.36. The normalized spacial score (nSPS) is 12.4. The van der Waals surface area contributed by atoms with E-state index in [0.717, 1.165) is 22.8 Å². The van der Waals surface area contributed by atoms with Crippen molar-refractivity contribution in [2.45, 2.75) is 12.4 Å². The standard InChI is InChI=1S/C16H8BrF6N3/c17-9-5-6-13(24-7-9)26-8-12(16(21,22)23)25-14(26)10-3-1-2-4-11(10)15(18,19)20/h1-8H. The van der Waals surface area contributed by atoms with Gasteiger partial charge in [-0.1, -0.05) is 18.2 Å². The number of hydrogen-bond donors (Lipinski definition) is 0. The second kappa shape index (κ2) is 6.42. The largest absolute Gasteiger partial charge is 0.434 e. The van der Waals surface area contributed by atoms with E-state index in [1.807, 2.05) is 0 Å². The van der Waals surface area contributed by atoms with E-state index in [2.05, 4.69) is 25.9 Å². The van der Waals surface area contributed by atoms with Crippen LogP contribution in [-0.4, -0.2) is 14.5 Å². The Kier molecular flexibility index (Phi) is 4.55. The van der Waals surface area contributed by atoms with Crippen molar-refractivity contribution in [1.29, 1.82) is 0 Å². The maximum atomic E-state index is 13.3. The van der Waals surface area contributed by atoms with Crippen molar-refractivity contribution < 1.29 is 26.3 Å². The molecule has 0 amide bonds. The fourth-order valence-corrected chi connectivity index (χ4v) is 2.55. The molecule has 0 fully saturated rings.